The van der Waals surface area contributed by atoms with Crippen LogP contribution in [-0.4, -0.2) is 7.05 Å². The van der Waals surface area contributed by atoms with Crippen LogP contribution in [0.15, 0.2) is 18.2 Å². The molecule has 2 unspecified atom stereocenters. The second-order valence-corrected chi connectivity index (χ2v) is 5.07. The molecule has 1 aliphatic rings. The summed E-state index contributed by atoms with van der Waals surface area (Å²) in [6.45, 7) is 2.19. The number of hydrogen-bond donors (Lipinski definition) is 1. The van der Waals surface area contributed by atoms with Gasteiger partial charge < -0.3 is 5.32 Å². The summed E-state index contributed by atoms with van der Waals surface area (Å²) in [5.41, 5.74) is 0.728. The van der Waals surface area contributed by atoms with Crippen molar-refractivity contribution in [3.63, 3.8) is 0 Å². The van der Waals surface area contributed by atoms with Crippen LogP contribution in [0, 0.1) is 17.7 Å². The van der Waals surface area contributed by atoms with Crippen LogP contribution < -0.4 is 5.32 Å². The molecule has 1 nitrogen and oxygen atoms in total. The average molecular weight is 242 g/mol. The second-order valence-electron chi connectivity index (χ2n) is 4.63. The Morgan fingerprint density at radius 2 is 2.12 bits per heavy atom. The van der Waals surface area contributed by atoms with E-state index < -0.39 is 0 Å². The topological polar surface area (TPSA) is 12.0 Å². The van der Waals surface area contributed by atoms with E-state index >= 15 is 0 Å². The molecule has 2 atom stereocenters. The van der Waals surface area contributed by atoms with Gasteiger partial charge in [0, 0.05) is 16.6 Å². The van der Waals surface area contributed by atoms with Gasteiger partial charge in [-0.1, -0.05) is 24.6 Å². The van der Waals surface area contributed by atoms with Crippen molar-refractivity contribution in [3.8, 4) is 0 Å². The first-order valence-corrected chi connectivity index (χ1v) is 6.13. The Morgan fingerprint density at radius 1 is 1.44 bits per heavy atom. The third kappa shape index (κ3) is 2.38. The van der Waals surface area contributed by atoms with Crippen molar-refractivity contribution >= 4 is 11.6 Å². The van der Waals surface area contributed by atoms with E-state index in [4.69, 9.17) is 11.6 Å². The van der Waals surface area contributed by atoms with Crippen molar-refractivity contribution < 1.29 is 4.39 Å². The molecule has 1 N–H and O–H groups in total. The smallest absolute Gasteiger partial charge is 0.129 e. The van der Waals surface area contributed by atoms with Crippen molar-refractivity contribution in [2.75, 3.05) is 7.05 Å². The molecular formula is C13H17ClFN. The van der Waals surface area contributed by atoms with Crippen LogP contribution in [0.25, 0.3) is 0 Å². The van der Waals surface area contributed by atoms with Crippen molar-refractivity contribution in [2.24, 2.45) is 11.8 Å². The maximum Gasteiger partial charge on any atom is 0.129 e. The number of benzene rings is 1. The Hall–Kier alpha value is -0.600. The van der Waals surface area contributed by atoms with Crippen molar-refractivity contribution in [2.45, 2.75) is 25.8 Å². The SMILES string of the molecule is CNC(c1ccc(Cl)cc1F)C(C)C1CC1. The molecule has 0 heterocycles. The molecule has 1 aromatic carbocycles. The van der Waals surface area contributed by atoms with E-state index in [1.165, 1.54) is 18.9 Å². The fourth-order valence-corrected chi connectivity index (χ4v) is 2.51. The fraction of sp³-hybridized carbons (Fsp3) is 0.538. The molecule has 0 radical (unpaired) electrons. The van der Waals surface area contributed by atoms with Crippen molar-refractivity contribution in [3.05, 3.63) is 34.6 Å². The monoisotopic (exact) mass is 241 g/mol. The van der Waals surface area contributed by atoms with E-state index in [1.54, 1.807) is 12.1 Å². The van der Waals surface area contributed by atoms with Crippen LogP contribution in [0.5, 0.6) is 0 Å². The van der Waals surface area contributed by atoms with E-state index in [0.29, 0.717) is 10.9 Å². The lowest BCUT2D eigenvalue weighted by atomic mass is 9.90. The molecule has 0 spiro atoms. The predicted molar refractivity (Wildman–Crippen MR) is 65.1 cm³/mol. The molecule has 0 aliphatic heterocycles. The van der Waals surface area contributed by atoms with Gasteiger partial charge in [0.05, 0.1) is 0 Å². The van der Waals surface area contributed by atoms with Crippen LogP contribution in [0.1, 0.15) is 31.4 Å². The Kier molecular flexibility index (Phi) is 3.50. The van der Waals surface area contributed by atoms with Gasteiger partial charge in [-0.05, 0) is 43.9 Å². The zero-order valence-electron chi connectivity index (χ0n) is 9.63. The maximum atomic E-state index is 13.8. The molecule has 0 amide bonds. The Labute approximate surface area is 101 Å². The highest BCUT2D eigenvalue weighted by Crippen LogP contribution is 2.43. The van der Waals surface area contributed by atoms with E-state index in [-0.39, 0.29) is 11.9 Å². The number of rotatable bonds is 4. The van der Waals surface area contributed by atoms with Gasteiger partial charge in [-0.15, -0.1) is 0 Å². The molecule has 0 aromatic heterocycles. The van der Waals surface area contributed by atoms with Gasteiger partial charge in [-0.25, -0.2) is 4.39 Å². The number of hydrogen-bond acceptors (Lipinski definition) is 1. The average Bonchev–Trinajstić information content (AvgIpc) is 3.05. The summed E-state index contributed by atoms with van der Waals surface area (Å²) in [5.74, 6) is 1.01. The van der Waals surface area contributed by atoms with Crippen LogP contribution in [0.3, 0.4) is 0 Å². The molecule has 16 heavy (non-hydrogen) atoms. The summed E-state index contributed by atoms with van der Waals surface area (Å²) < 4.78 is 13.8. The summed E-state index contributed by atoms with van der Waals surface area (Å²) in [6, 6.07) is 5.02. The van der Waals surface area contributed by atoms with Gasteiger partial charge in [0.25, 0.3) is 0 Å². The van der Waals surface area contributed by atoms with Gasteiger partial charge >= 0.3 is 0 Å². The molecule has 3 heteroatoms. The minimum absolute atomic E-state index is 0.0877. The zero-order valence-corrected chi connectivity index (χ0v) is 10.4. The predicted octanol–water partition coefficient (Wildman–Crippen LogP) is 3.79. The first-order valence-electron chi connectivity index (χ1n) is 5.75. The highest BCUT2D eigenvalue weighted by molar-refractivity contribution is 6.30. The summed E-state index contributed by atoms with van der Waals surface area (Å²) >= 11 is 5.76. The van der Waals surface area contributed by atoms with E-state index in [1.807, 2.05) is 7.05 Å². The number of halogens is 2. The number of nitrogens with one attached hydrogen (secondary N) is 1. The van der Waals surface area contributed by atoms with Crippen LogP contribution in [-0.2, 0) is 0 Å². The summed E-state index contributed by atoms with van der Waals surface area (Å²) in [5, 5.41) is 3.67. The van der Waals surface area contributed by atoms with Gasteiger partial charge in [0.2, 0.25) is 0 Å². The van der Waals surface area contributed by atoms with Crippen molar-refractivity contribution in [1.82, 2.24) is 5.32 Å². The zero-order chi connectivity index (χ0) is 11.7. The first-order chi connectivity index (χ1) is 7.63. The molecule has 1 saturated carbocycles. The first kappa shape index (κ1) is 11.9. The molecular weight excluding hydrogens is 225 g/mol. The molecule has 1 fully saturated rings. The lowest BCUT2D eigenvalue weighted by Crippen LogP contribution is -2.25. The fourth-order valence-electron chi connectivity index (χ4n) is 2.35. The molecule has 1 aliphatic carbocycles. The highest BCUT2D eigenvalue weighted by atomic mass is 35.5. The Balaban J connectivity index is 2.24. The summed E-state index contributed by atoms with van der Waals surface area (Å²) in [4.78, 5) is 0. The minimum atomic E-state index is -0.209. The maximum absolute atomic E-state index is 13.8. The van der Waals surface area contributed by atoms with Gasteiger partial charge in [-0.2, -0.15) is 0 Å². The third-order valence-corrected chi connectivity index (χ3v) is 3.74. The van der Waals surface area contributed by atoms with Crippen LogP contribution in [0.4, 0.5) is 4.39 Å². The van der Waals surface area contributed by atoms with E-state index in [2.05, 4.69) is 12.2 Å². The van der Waals surface area contributed by atoms with Crippen LogP contribution in [0.2, 0.25) is 5.02 Å². The molecule has 0 bridgehead atoms. The molecule has 0 saturated heterocycles. The van der Waals surface area contributed by atoms with Gasteiger partial charge in [-0.3, -0.25) is 0 Å². The summed E-state index contributed by atoms with van der Waals surface area (Å²) in [7, 11) is 1.89. The normalized spacial score (nSPS) is 19.5. The van der Waals surface area contributed by atoms with Gasteiger partial charge in [0.15, 0.2) is 0 Å². The third-order valence-electron chi connectivity index (χ3n) is 3.50. The quantitative estimate of drug-likeness (QED) is 0.846. The van der Waals surface area contributed by atoms with E-state index in [0.717, 1.165) is 11.5 Å². The lowest BCUT2D eigenvalue weighted by molar-refractivity contribution is 0.358. The largest absolute Gasteiger partial charge is 0.313 e. The minimum Gasteiger partial charge on any atom is -0.313 e. The van der Waals surface area contributed by atoms with Crippen LogP contribution >= 0.6 is 11.6 Å². The molecule has 88 valence electrons. The van der Waals surface area contributed by atoms with Crippen molar-refractivity contribution in [1.29, 1.82) is 0 Å². The van der Waals surface area contributed by atoms with Gasteiger partial charge in [0.1, 0.15) is 5.82 Å². The molecule has 1 aromatic rings. The standard InChI is InChI=1S/C13H17ClFN/c1-8(9-3-4-9)13(16-2)11-6-5-10(14)7-12(11)15/h5-9,13,16H,3-4H2,1-2H3. The Bertz CT molecular complexity index is 376. The lowest BCUT2D eigenvalue weighted by Gasteiger charge is -2.24. The second kappa shape index (κ2) is 4.72. The Morgan fingerprint density at radius 3 is 2.62 bits per heavy atom. The highest BCUT2D eigenvalue weighted by Gasteiger charge is 2.34. The summed E-state index contributed by atoms with van der Waals surface area (Å²) in [6.07, 6.45) is 2.54. The van der Waals surface area contributed by atoms with E-state index in [9.17, 15) is 4.39 Å². The molecule has 2 rings (SSSR count).